The van der Waals surface area contributed by atoms with E-state index in [-0.39, 0.29) is 12.7 Å². The summed E-state index contributed by atoms with van der Waals surface area (Å²) < 4.78 is 0. The van der Waals surface area contributed by atoms with Gasteiger partial charge >= 0.3 is 0 Å². The van der Waals surface area contributed by atoms with Gasteiger partial charge in [-0.05, 0) is 12.1 Å². The summed E-state index contributed by atoms with van der Waals surface area (Å²) in [6, 6.07) is 10.8. The van der Waals surface area contributed by atoms with Crippen LogP contribution < -0.4 is 10.4 Å². The molecule has 3 atom stereocenters. The average Bonchev–Trinajstić information content (AvgIpc) is 3.08. The van der Waals surface area contributed by atoms with E-state index in [0.29, 0.717) is 12.1 Å². The summed E-state index contributed by atoms with van der Waals surface area (Å²) >= 11 is 0. The molecule has 1 aromatic rings. The summed E-state index contributed by atoms with van der Waals surface area (Å²) in [4.78, 5) is 5.70. The van der Waals surface area contributed by atoms with Crippen molar-refractivity contribution in [1.29, 1.82) is 0 Å². The minimum Gasteiger partial charge on any atom is -0.394 e. The molecule has 1 aromatic carbocycles. The molecule has 2 fully saturated rings. The molecule has 0 spiro atoms. The fraction of sp³-hybridized carbons (Fsp3) is 0.455. The molecular formula is C11H14N2O2. The molecule has 2 aliphatic rings. The molecule has 0 bridgehead atoms. The molecule has 15 heavy (non-hydrogen) atoms. The molecule has 0 aliphatic carbocycles. The minimum atomic E-state index is -0.107. The molecule has 0 saturated carbocycles. The number of aliphatic hydroxyl groups is 1. The van der Waals surface area contributed by atoms with Crippen LogP contribution >= 0.6 is 0 Å². The van der Waals surface area contributed by atoms with Crippen LogP contribution in [0.1, 0.15) is 0 Å². The molecule has 0 aromatic heterocycles. The number of aliphatic hydroxyl groups excluding tert-OH is 1. The second-order valence-corrected chi connectivity index (χ2v) is 4.02. The van der Waals surface area contributed by atoms with E-state index in [1.54, 1.807) is 0 Å². The molecule has 2 heterocycles. The normalized spacial score (nSPS) is 33.7. The van der Waals surface area contributed by atoms with Gasteiger partial charge in [0.05, 0.1) is 24.9 Å². The Balaban J connectivity index is 1.77. The number of benzene rings is 1. The Morgan fingerprint density at radius 3 is 2.93 bits per heavy atom. The fourth-order valence-electron chi connectivity index (χ4n) is 2.08. The van der Waals surface area contributed by atoms with Crippen molar-refractivity contribution in [3.8, 4) is 0 Å². The Kier molecular flexibility index (Phi) is 2.12. The highest BCUT2D eigenvalue weighted by Crippen LogP contribution is 2.28. The van der Waals surface area contributed by atoms with E-state index in [1.165, 1.54) is 0 Å². The quantitative estimate of drug-likeness (QED) is 0.676. The number of hydrogen-bond acceptors (Lipinski definition) is 4. The van der Waals surface area contributed by atoms with Crippen LogP contribution in [0, 0.1) is 0 Å². The number of fused-ring (bicyclic) bond motifs is 1. The van der Waals surface area contributed by atoms with Crippen molar-refractivity contribution < 1.29 is 9.94 Å². The lowest BCUT2D eigenvalue weighted by atomic mass is 10.2. The van der Waals surface area contributed by atoms with E-state index in [0.717, 1.165) is 12.2 Å². The molecule has 3 rings (SSSR count). The second kappa shape index (κ2) is 3.48. The number of nitrogens with one attached hydrogen (secondary N) is 1. The van der Waals surface area contributed by atoms with Gasteiger partial charge in [-0.2, -0.15) is 0 Å². The van der Waals surface area contributed by atoms with Crippen LogP contribution in [0.2, 0.25) is 0 Å². The maximum Gasteiger partial charge on any atom is 0.125 e. The van der Waals surface area contributed by atoms with E-state index < -0.39 is 0 Å². The Labute approximate surface area is 88.4 Å². The lowest BCUT2D eigenvalue weighted by molar-refractivity contribution is -0.0172. The van der Waals surface area contributed by atoms with E-state index in [4.69, 9.17) is 9.94 Å². The standard InChI is InChI=1S/C11H14N2O2/c14-7-10-11-9(12-11)6-13(15-10)8-4-2-1-3-5-8/h1-5,9-12,14H,6-7H2. The van der Waals surface area contributed by atoms with E-state index in [2.05, 4.69) is 5.32 Å². The summed E-state index contributed by atoms with van der Waals surface area (Å²) in [6.07, 6.45) is -0.107. The number of hydroxylamine groups is 1. The summed E-state index contributed by atoms with van der Waals surface area (Å²) in [5.41, 5.74) is 1.04. The van der Waals surface area contributed by atoms with Crippen molar-refractivity contribution in [2.75, 3.05) is 18.2 Å². The zero-order valence-corrected chi connectivity index (χ0v) is 8.34. The smallest absolute Gasteiger partial charge is 0.125 e. The topological polar surface area (TPSA) is 54.6 Å². The molecular weight excluding hydrogens is 192 g/mol. The van der Waals surface area contributed by atoms with Crippen LogP contribution in [-0.2, 0) is 4.84 Å². The van der Waals surface area contributed by atoms with E-state index in [9.17, 15) is 0 Å². The highest BCUT2D eigenvalue weighted by molar-refractivity contribution is 5.44. The zero-order valence-electron chi connectivity index (χ0n) is 8.34. The van der Waals surface area contributed by atoms with Gasteiger partial charge in [-0.3, -0.25) is 9.90 Å². The first-order valence-corrected chi connectivity index (χ1v) is 5.25. The summed E-state index contributed by atoms with van der Waals surface area (Å²) in [7, 11) is 0. The highest BCUT2D eigenvalue weighted by Gasteiger charge is 2.48. The third kappa shape index (κ3) is 1.61. The molecule has 80 valence electrons. The second-order valence-electron chi connectivity index (χ2n) is 4.02. The van der Waals surface area contributed by atoms with Crippen LogP contribution in [0.25, 0.3) is 0 Å². The predicted octanol–water partition coefficient (Wildman–Crippen LogP) is 0.139. The van der Waals surface area contributed by atoms with Gasteiger partial charge in [-0.15, -0.1) is 0 Å². The number of anilines is 1. The van der Waals surface area contributed by atoms with Crippen molar-refractivity contribution in [2.24, 2.45) is 0 Å². The third-order valence-corrected chi connectivity index (χ3v) is 2.98. The van der Waals surface area contributed by atoms with E-state index in [1.807, 2.05) is 35.4 Å². The molecule has 0 radical (unpaired) electrons. The number of rotatable bonds is 2. The van der Waals surface area contributed by atoms with Gasteiger partial charge in [0.2, 0.25) is 0 Å². The van der Waals surface area contributed by atoms with Crippen molar-refractivity contribution in [3.05, 3.63) is 30.3 Å². The molecule has 0 amide bonds. The van der Waals surface area contributed by atoms with E-state index >= 15 is 0 Å². The fourth-order valence-corrected chi connectivity index (χ4v) is 2.08. The first kappa shape index (κ1) is 9.15. The van der Waals surface area contributed by atoms with Crippen molar-refractivity contribution in [3.63, 3.8) is 0 Å². The first-order valence-electron chi connectivity index (χ1n) is 5.25. The largest absolute Gasteiger partial charge is 0.394 e. The van der Waals surface area contributed by atoms with Crippen LogP contribution in [0.15, 0.2) is 30.3 Å². The van der Waals surface area contributed by atoms with Crippen LogP contribution in [0.5, 0.6) is 0 Å². The number of para-hydroxylation sites is 1. The Bertz CT molecular complexity index is 344. The SMILES string of the molecule is OCC1ON(c2ccccc2)CC2NC21. The molecule has 2 saturated heterocycles. The maximum absolute atomic E-state index is 9.16. The molecule has 4 nitrogen and oxygen atoms in total. The van der Waals surface area contributed by atoms with Crippen molar-refractivity contribution in [2.45, 2.75) is 18.2 Å². The lowest BCUT2D eigenvalue weighted by Gasteiger charge is -2.31. The molecule has 4 heteroatoms. The highest BCUT2D eigenvalue weighted by atomic mass is 16.7. The number of hydrogen-bond donors (Lipinski definition) is 2. The monoisotopic (exact) mass is 206 g/mol. The predicted molar refractivity (Wildman–Crippen MR) is 56.5 cm³/mol. The van der Waals surface area contributed by atoms with Crippen LogP contribution in [0.4, 0.5) is 5.69 Å². The third-order valence-electron chi connectivity index (χ3n) is 2.98. The van der Waals surface area contributed by atoms with Crippen LogP contribution in [0.3, 0.4) is 0 Å². The minimum absolute atomic E-state index is 0.0670. The first-order chi connectivity index (χ1) is 7.38. The van der Waals surface area contributed by atoms with Crippen molar-refractivity contribution >= 4 is 5.69 Å². The lowest BCUT2D eigenvalue weighted by Crippen LogP contribution is -2.43. The van der Waals surface area contributed by atoms with Gasteiger partial charge in [-0.25, -0.2) is 0 Å². The van der Waals surface area contributed by atoms with Gasteiger partial charge in [0, 0.05) is 6.04 Å². The summed E-state index contributed by atoms with van der Waals surface area (Å²) in [5, 5.41) is 14.3. The van der Waals surface area contributed by atoms with Gasteiger partial charge in [0.25, 0.3) is 0 Å². The molecule has 2 aliphatic heterocycles. The Hall–Kier alpha value is -1.10. The molecule has 2 N–H and O–H groups in total. The summed E-state index contributed by atoms with van der Waals surface area (Å²) in [6.45, 7) is 0.919. The van der Waals surface area contributed by atoms with Crippen molar-refractivity contribution in [1.82, 2.24) is 5.32 Å². The zero-order chi connectivity index (χ0) is 10.3. The average molecular weight is 206 g/mol. The number of nitrogens with zero attached hydrogens (tertiary/aromatic N) is 1. The van der Waals surface area contributed by atoms with Gasteiger partial charge in [-0.1, -0.05) is 18.2 Å². The van der Waals surface area contributed by atoms with Gasteiger partial charge in [0.1, 0.15) is 6.10 Å². The van der Waals surface area contributed by atoms with Crippen LogP contribution in [-0.4, -0.2) is 36.4 Å². The van der Waals surface area contributed by atoms with Gasteiger partial charge < -0.3 is 10.4 Å². The Morgan fingerprint density at radius 1 is 1.40 bits per heavy atom. The summed E-state index contributed by atoms with van der Waals surface area (Å²) in [5.74, 6) is 0. The Morgan fingerprint density at radius 2 is 2.20 bits per heavy atom. The van der Waals surface area contributed by atoms with Gasteiger partial charge in [0.15, 0.2) is 0 Å². The molecule has 3 unspecified atom stereocenters. The maximum atomic E-state index is 9.16.